The first-order valence-corrected chi connectivity index (χ1v) is 8.61. The highest BCUT2D eigenvalue weighted by molar-refractivity contribution is 7.14. The van der Waals surface area contributed by atoms with Gasteiger partial charge in [0.15, 0.2) is 5.13 Å². The maximum atomic E-state index is 12.3. The van der Waals surface area contributed by atoms with Gasteiger partial charge in [0, 0.05) is 16.5 Å². The van der Waals surface area contributed by atoms with E-state index in [1.807, 2.05) is 61.7 Å². The van der Waals surface area contributed by atoms with E-state index in [0.717, 1.165) is 22.6 Å². The summed E-state index contributed by atoms with van der Waals surface area (Å²) in [4.78, 5) is 16.8. The molecular formula is C19H18N2O2S. The number of anilines is 1. The highest BCUT2D eigenvalue weighted by Crippen LogP contribution is 2.32. The van der Waals surface area contributed by atoms with Crippen LogP contribution in [0.1, 0.15) is 22.8 Å². The van der Waals surface area contributed by atoms with Gasteiger partial charge in [-0.15, -0.1) is 11.3 Å². The fourth-order valence-electron chi connectivity index (χ4n) is 2.37. The smallest absolute Gasteiger partial charge is 0.257 e. The van der Waals surface area contributed by atoms with Crippen LogP contribution >= 0.6 is 11.3 Å². The van der Waals surface area contributed by atoms with Gasteiger partial charge in [0.1, 0.15) is 5.75 Å². The molecule has 0 radical (unpaired) electrons. The number of para-hydroxylation sites is 1. The highest BCUT2D eigenvalue weighted by atomic mass is 32.1. The van der Waals surface area contributed by atoms with Crippen molar-refractivity contribution < 1.29 is 9.53 Å². The molecule has 0 atom stereocenters. The molecule has 0 aliphatic heterocycles. The Bertz CT molecular complexity index is 858. The monoisotopic (exact) mass is 338 g/mol. The molecule has 0 saturated carbocycles. The van der Waals surface area contributed by atoms with Gasteiger partial charge >= 0.3 is 0 Å². The first kappa shape index (κ1) is 16.2. The number of benzene rings is 2. The van der Waals surface area contributed by atoms with Gasteiger partial charge in [-0.1, -0.05) is 29.8 Å². The summed E-state index contributed by atoms with van der Waals surface area (Å²) in [7, 11) is 0. The average Bonchev–Trinajstić information content (AvgIpc) is 3.04. The van der Waals surface area contributed by atoms with Crippen LogP contribution in [0.4, 0.5) is 5.13 Å². The van der Waals surface area contributed by atoms with Crippen LogP contribution in [0, 0.1) is 6.92 Å². The number of nitrogens with zero attached hydrogens (tertiary/aromatic N) is 1. The third-order valence-electron chi connectivity index (χ3n) is 3.47. The summed E-state index contributed by atoms with van der Waals surface area (Å²) in [5, 5.41) is 5.35. The summed E-state index contributed by atoms with van der Waals surface area (Å²) in [6.07, 6.45) is 0. The van der Waals surface area contributed by atoms with E-state index in [9.17, 15) is 4.79 Å². The first-order valence-electron chi connectivity index (χ1n) is 7.73. The van der Waals surface area contributed by atoms with E-state index in [2.05, 4.69) is 10.3 Å². The molecular weight excluding hydrogens is 320 g/mol. The largest absolute Gasteiger partial charge is 0.493 e. The van der Waals surface area contributed by atoms with Gasteiger partial charge in [-0.3, -0.25) is 10.1 Å². The van der Waals surface area contributed by atoms with Crippen molar-refractivity contribution in [1.82, 2.24) is 4.98 Å². The van der Waals surface area contributed by atoms with Crippen molar-refractivity contribution in [1.29, 1.82) is 0 Å². The predicted molar refractivity (Wildman–Crippen MR) is 97.9 cm³/mol. The van der Waals surface area contributed by atoms with Gasteiger partial charge in [-0.2, -0.15) is 0 Å². The lowest BCUT2D eigenvalue weighted by Crippen LogP contribution is -2.11. The maximum Gasteiger partial charge on any atom is 0.257 e. The molecule has 0 fully saturated rings. The summed E-state index contributed by atoms with van der Waals surface area (Å²) in [5.74, 6) is 0.638. The van der Waals surface area contributed by atoms with Gasteiger partial charge < -0.3 is 4.74 Å². The number of amides is 1. The molecule has 3 rings (SSSR count). The molecule has 4 nitrogen and oxygen atoms in total. The Kier molecular flexibility index (Phi) is 4.91. The second-order valence-corrected chi connectivity index (χ2v) is 6.15. The third-order valence-corrected chi connectivity index (χ3v) is 4.23. The fraction of sp³-hybridized carbons (Fsp3) is 0.158. The van der Waals surface area contributed by atoms with Gasteiger partial charge in [0.2, 0.25) is 0 Å². The molecule has 24 heavy (non-hydrogen) atoms. The number of carbonyl (C=O) groups is 1. The Hall–Kier alpha value is -2.66. The molecule has 3 aromatic rings. The highest BCUT2D eigenvalue weighted by Gasteiger charge is 2.12. The van der Waals surface area contributed by atoms with E-state index in [0.29, 0.717) is 17.3 Å². The molecule has 0 aliphatic carbocycles. The van der Waals surface area contributed by atoms with Crippen LogP contribution in [0.15, 0.2) is 53.9 Å². The maximum absolute atomic E-state index is 12.3. The Morgan fingerprint density at radius 1 is 1.21 bits per heavy atom. The summed E-state index contributed by atoms with van der Waals surface area (Å²) in [6, 6.07) is 15.2. The van der Waals surface area contributed by atoms with Crippen molar-refractivity contribution in [3.8, 4) is 17.0 Å². The van der Waals surface area contributed by atoms with Crippen LogP contribution in [0.25, 0.3) is 11.3 Å². The van der Waals surface area contributed by atoms with Gasteiger partial charge in [0.05, 0.1) is 12.3 Å². The Labute approximate surface area is 145 Å². The molecule has 0 aliphatic rings. The Morgan fingerprint density at radius 3 is 2.83 bits per heavy atom. The molecule has 0 spiro atoms. The van der Waals surface area contributed by atoms with Crippen LogP contribution in [-0.4, -0.2) is 17.5 Å². The van der Waals surface area contributed by atoms with Crippen molar-refractivity contribution in [3.63, 3.8) is 0 Å². The van der Waals surface area contributed by atoms with E-state index in [-0.39, 0.29) is 5.91 Å². The van der Waals surface area contributed by atoms with E-state index in [1.165, 1.54) is 11.3 Å². The number of thiazole rings is 1. The summed E-state index contributed by atoms with van der Waals surface area (Å²) < 4.78 is 5.64. The number of ether oxygens (including phenoxy) is 1. The number of hydrogen-bond acceptors (Lipinski definition) is 4. The minimum absolute atomic E-state index is 0.155. The molecule has 2 aromatic carbocycles. The Balaban J connectivity index is 1.80. The molecule has 1 amide bonds. The van der Waals surface area contributed by atoms with Gasteiger partial charge in [0.25, 0.3) is 5.91 Å². The molecule has 0 saturated heterocycles. The van der Waals surface area contributed by atoms with E-state index in [1.54, 1.807) is 6.07 Å². The molecule has 1 aromatic heterocycles. The standard InChI is InChI=1S/C19H18N2O2S/c1-3-23-17-10-5-4-9-15(17)16-12-24-19(20-16)21-18(22)14-8-6-7-13(2)11-14/h4-12H,3H2,1-2H3,(H,20,21,22). The van der Waals surface area contributed by atoms with E-state index >= 15 is 0 Å². The number of hydrogen-bond donors (Lipinski definition) is 1. The van der Waals surface area contributed by atoms with E-state index < -0.39 is 0 Å². The molecule has 1 heterocycles. The van der Waals surface area contributed by atoms with Crippen molar-refractivity contribution in [2.45, 2.75) is 13.8 Å². The van der Waals surface area contributed by atoms with Gasteiger partial charge in [-0.05, 0) is 38.1 Å². The predicted octanol–water partition coefficient (Wildman–Crippen LogP) is 4.77. The summed E-state index contributed by atoms with van der Waals surface area (Å²) in [6.45, 7) is 4.51. The van der Waals surface area contributed by atoms with Crippen LogP contribution in [0.2, 0.25) is 0 Å². The first-order chi connectivity index (χ1) is 11.7. The topological polar surface area (TPSA) is 51.2 Å². The number of carbonyl (C=O) groups excluding carboxylic acids is 1. The third kappa shape index (κ3) is 3.63. The van der Waals surface area contributed by atoms with Crippen LogP contribution < -0.4 is 10.1 Å². The van der Waals surface area contributed by atoms with Crippen LogP contribution in [-0.2, 0) is 0 Å². The molecule has 0 bridgehead atoms. The van der Waals surface area contributed by atoms with Crippen molar-refractivity contribution in [2.24, 2.45) is 0 Å². The van der Waals surface area contributed by atoms with Crippen molar-refractivity contribution in [3.05, 3.63) is 65.0 Å². The number of aryl methyl sites for hydroxylation is 1. The summed E-state index contributed by atoms with van der Waals surface area (Å²) in [5.41, 5.74) is 3.39. The summed E-state index contributed by atoms with van der Waals surface area (Å²) >= 11 is 1.40. The molecule has 122 valence electrons. The zero-order valence-electron chi connectivity index (χ0n) is 13.6. The lowest BCUT2D eigenvalue weighted by molar-refractivity contribution is 0.102. The number of nitrogens with one attached hydrogen (secondary N) is 1. The van der Waals surface area contributed by atoms with E-state index in [4.69, 9.17) is 4.74 Å². The lowest BCUT2D eigenvalue weighted by Gasteiger charge is -2.07. The number of aromatic nitrogens is 1. The van der Waals surface area contributed by atoms with Gasteiger partial charge in [-0.25, -0.2) is 4.98 Å². The van der Waals surface area contributed by atoms with Crippen molar-refractivity contribution in [2.75, 3.05) is 11.9 Å². The minimum atomic E-state index is -0.155. The zero-order valence-corrected chi connectivity index (χ0v) is 14.4. The number of rotatable bonds is 5. The average molecular weight is 338 g/mol. The van der Waals surface area contributed by atoms with Crippen LogP contribution in [0.5, 0.6) is 5.75 Å². The normalized spacial score (nSPS) is 10.4. The second kappa shape index (κ2) is 7.27. The minimum Gasteiger partial charge on any atom is -0.493 e. The van der Waals surface area contributed by atoms with Crippen LogP contribution in [0.3, 0.4) is 0 Å². The SMILES string of the molecule is CCOc1ccccc1-c1csc(NC(=O)c2cccc(C)c2)n1. The lowest BCUT2D eigenvalue weighted by atomic mass is 10.1. The Morgan fingerprint density at radius 2 is 2.04 bits per heavy atom. The molecule has 0 unspecified atom stereocenters. The second-order valence-electron chi connectivity index (χ2n) is 5.29. The van der Waals surface area contributed by atoms with Crippen molar-refractivity contribution >= 4 is 22.4 Å². The fourth-order valence-corrected chi connectivity index (χ4v) is 3.08. The zero-order chi connectivity index (χ0) is 16.9. The molecule has 5 heteroatoms. The molecule has 1 N–H and O–H groups in total. The quantitative estimate of drug-likeness (QED) is 0.729.